The van der Waals surface area contributed by atoms with Gasteiger partial charge in [0.05, 0.1) is 45.5 Å². The summed E-state index contributed by atoms with van der Waals surface area (Å²) >= 11 is 0. The minimum absolute atomic E-state index is 0.230. The van der Waals surface area contributed by atoms with Crippen LogP contribution in [0.5, 0.6) is 0 Å². The highest BCUT2D eigenvalue weighted by Crippen LogP contribution is 2.58. The maximum atomic E-state index is 2.65. The zero-order valence-corrected chi connectivity index (χ0v) is 57.3. The van der Waals surface area contributed by atoms with Crippen LogP contribution in [0.4, 0.5) is 68.2 Å². The van der Waals surface area contributed by atoms with E-state index in [1.54, 1.807) is 0 Å². The number of rotatable bonds is 20. The maximum absolute atomic E-state index is 2.65. The molecule has 12 aromatic rings. The SMILES string of the molecule is CC(C)c1cccc(C(C)C)c1N(c1ccccc1)c1cc(N(c2ccccc2)c2c(C(C)C)cccc2C(C)C)c2ccc3c(N(c4ccccc4)c4c(C(C)C)cccc4C(C)C)cc(N(c4ccccc4)c4c(C(C)C)cccc4C(C)C)c4ccc1c2c43. The number of nitrogens with zero attached hydrogens (tertiary/aromatic N) is 4. The van der Waals surface area contributed by atoms with Crippen molar-refractivity contribution in [3.05, 3.63) is 275 Å². The molecule has 0 aliphatic heterocycles. The van der Waals surface area contributed by atoms with Gasteiger partial charge in [-0.3, -0.25) is 0 Å². The molecule has 92 heavy (non-hydrogen) atoms. The number of para-hydroxylation sites is 8. The van der Waals surface area contributed by atoms with Gasteiger partial charge in [-0.25, -0.2) is 0 Å². The molecule has 4 heteroatoms. The van der Waals surface area contributed by atoms with Crippen LogP contribution in [0.2, 0.25) is 0 Å². The Hall–Kier alpha value is -9.12. The molecule has 0 saturated heterocycles. The van der Waals surface area contributed by atoms with E-state index in [0.717, 1.165) is 45.5 Å². The Morgan fingerprint density at radius 2 is 0.348 bits per heavy atom. The summed E-state index contributed by atoms with van der Waals surface area (Å²) < 4.78 is 0. The molecule has 0 spiro atoms. The standard InChI is InChI=1S/C88H94N4/c1-55(2)67-41-29-42-68(56(3)4)85(67)89(63-33-21-17-22-34-63)79-53-80(90(64-35-23-18-24-36-64)86-69(57(5)6)43-30-44-70(86)58(7)8)76-51-52-78-82(92(66-39-27-20-28-40-66)88-73(61(13)14)47-32-48-74(88)62(15)16)54-81(77-50-49-75(79)83(76)84(77)78)91(65-37-25-19-26-38-65)87-71(59(9)10)45-31-46-72(87)60(11)12/h17-62H,1-16H3. The van der Waals surface area contributed by atoms with Crippen LogP contribution >= 0.6 is 0 Å². The lowest BCUT2D eigenvalue weighted by molar-refractivity contribution is 0.830. The van der Waals surface area contributed by atoms with E-state index in [9.17, 15) is 0 Å². The van der Waals surface area contributed by atoms with E-state index >= 15 is 0 Å². The van der Waals surface area contributed by atoms with E-state index < -0.39 is 0 Å². The van der Waals surface area contributed by atoms with Gasteiger partial charge in [-0.05, 0) is 153 Å². The molecule has 466 valence electrons. The van der Waals surface area contributed by atoms with Gasteiger partial charge in [-0.15, -0.1) is 0 Å². The summed E-state index contributed by atoms with van der Waals surface area (Å²) in [5.74, 6) is 1.84. The molecular formula is C88H94N4. The fourth-order valence-corrected chi connectivity index (χ4v) is 14.6. The molecule has 0 atom stereocenters. The molecular weight excluding hydrogens is 1110 g/mol. The Morgan fingerprint density at radius 1 is 0.185 bits per heavy atom. The van der Waals surface area contributed by atoms with Crippen molar-refractivity contribution in [2.24, 2.45) is 0 Å². The largest absolute Gasteiger partial charge is 0.309 e. The number of anilines is 12. The van der Waals surface area contributed by atoms with E-state index in [1.807, 2.05) is 0 Å². The van der Waals surface area contributed by atoms with Gasteiger partial charge in [0.15, 0.2) is 0 Å². The van der Waals surface area contributed by atoms with Crippen LogP contribution in [0.25, 0.3) is 32.3 Å². The quantitative estimate of drug-likeness (QED) is 0.0705. The Kier molecular flexibility index (Phi) is 18.0. The second-order valence-corrected chi connectivity index (χ2v) is 28.0. The van der Waals surface area contributed by atoms with Crippen molar-refractivity contribution < 1.29 is 0 Å². The van der Waals surface area contributed by atoms with Crippen LogP contribution < -0.4 is 19.6 Å². The Balaban J connectivity index is 1.39. The van der Waals surface area contributed by atoms with E-state index in [-0.39, 0.29) is 47.3 Å². The first-order chi connectivity index (χ1) is 44.4. The van der Waals surface area contributed by atoms with Gasteiger partial charge < -0.3 is 19.6 Å². The molecule has 0 bridgehead atoms. The molecule has 12 aromatic carbocycles. The predicted octanol–water partition coefficient (Wildman–Crippen LogP) is 27.5. The second kappa shape index (κ2) is 26.2. The lowest BCUT2D eigenvalue weighted by Crippen LogP contribution is -2.20. The molecule has 0 unspecified atom stereocenters. The summed E-state index contributed by atoms with van der Waals surface area (Å²) in [6.07, 6.45) is 0. The van der Waals surface area contributed by atoms with E-state index in [2.05, 4.69) is 361 Å². The minimum Gasteiger partial charge on any atom is -0.309 e. The summed E-state index contributed by atoms with van der Waals surface area (Å²) in [5.41, 5.74) is 24.5. The molecule has 0 fully saturated rings. The summed E-state index contributed by atoms with van der Waals surface area (Å²) in [5, 5.41) is 7.19. The predicted molar refractivity (Wildman–Crippen MR) is 402 cm³/mol. The Bertz CT molecular complexity index is 3860. The summed E-state index contributed by atoms with van der Waals surface area (Å²) in [6.45, 7) is 37.8. The average molecular weight is 1210 g/mol. The minimum atomic E-state index is 0.230. The van der Waals surface area contributed by atoms with Gasteiger partial charge in [0.2, 0.25) is 0 Å². The second-order valence-electron chi connectivity index (χ2n) is 28.0. The summed E-state index contributed by atoms with van der Waals surface area (Å²) in [4.78, 5) is 10.6. The van der Waals surface area contributed by atoms with Crippen molar-refractivity contribution in [1.82, 2.24) is 0 Å². The van der Waals surface area contributed by atoms with Gasteiger partial charge in [0, 0.05) is 55.1 Å². The van der Waals surface area contributed by atoms with Crippen LogP contribution in [-0.4, -0.2) is 0 Å². The molecule has 0 saturated carbocycles. The third-order valence-corrected chi connectivity index (χ3v) is 19.1. The molecule has 0 aliphatic rings. The molecule has 12 rings (SSSR count). The van der Waals surface area contributed by atoms with Crippen LogP contribution in [0.1, 0.15) is 203 Å². The maximum Gasteiger partial charge on any atom is 0.0561 e. The number of benzene rings is 12. The van der Waals surface area contributed by atoms with Crippen molar-refractivity contribution in [3.63, 3.8) is 0 Å². The number of hydrogen-bond acceptors (Lipinski definition) is 4. The van der Waals surface area contributed by atoms with Crippen molar-refractivity contribution in [1.29, 1.82) is 0 Å². The van der Waals surface area contributed by atoms with Crippen molar-refractivity contribution in [2.75, 3.05) is 19.6 Å². The van der Waals surface area contributed by atoms with Crippen LogP contribution in [0.15, 0.2) is 231 Å². The Morgan fingerprint density at radius 3 is 0.500 bits per heavy atom. The normalized spacial score (nSPS) is 12.0. The average Bonchev–Trinajstić information content (AvgIpc) is 0.698. The first kappa shape index (κ1) is 63.0. The molecule has 0 aromatic heterocycles. The van der Waals surface area contributed by atoms with Crippen molar-refractivity contribution in [3.8, 4) is 0 Å². The summed E-state index contributed by atoms with van der Waals surface area (Å²) in [7, 11) is 0. The first-order valence-corrected chi connectivity index (χ1v) is 34.1. The lowest BCUT2D eigenvalue weighted by Gasteiger charge is -2.38. The van der Waals surface area contributed by atoms with Gasteiger partial charge in [-0.1, -0.05) is 281 Å². The summed E-state index contributed by atoms with van der Waals surface area (Å²) in [6, 6.07) is 88.1. The highest BCUT2D eigenvalue weighted by molar-refractivity contribution is 6.33. The molecule has 0 heterocycles. The van der Waals surface area contributed by atoms with E-state index in [1.165, 1.54) is 99.6 Å². The van der Waals surface area contributed by atoms with Crippen molar-refractivity contribution in [2.45, 2.75) is 158 Å². The third kappa shape index (κ3) is 11.4. The van der Waals surface area contributed by atoms with Gasteiger partial charge in [0.25, 0.3) is 0 Å². The van der Waals surface area contributed by atoms with Gasteiger partial charge in [-0.2, -0.15) is 0 Å². The molecule has 0 radical (unpaired) electrons. The zero-order valence-electron chi connectivity index (χ0n) is 57.3. The van der Waals surface area contributed by atoms with E-state index in [0.29, 0.717) is 0 Å². The third-order valence-electron chi connectivity index (χ3n) is 19.1. The van der Waals surface area contributed by atoms with Crippen LogP contribution in [0, 0.1) is 0 Å². The van der Waals surface area contributed by atoms with E-state index in [4.69, 9.17) is 0 Å². The van der Waals surface area contributed by atoms with Gasteiger partial charge >= 0.3 is 0 Å². The molecule has 0 aliphatic carbocycles. The zero-order chi connectivity index (χ0) is 64.8. The van der Waals surface area contributed by atoms with Crippen molar-refractivity contribution >= 4 is 101 Å². The number of hydrogen-bond donors (Lipinski definition) is 0. The topological polar surface area (TPSA) is 13.0 Å². The highest BCUT2D eigenvalue weighted by atomic mass is 15.2. The fourth-order valence-electron chi connectivity index (χ4n) is 14.6. The monoisotopic (exact) mass is 1210 g/mol. The first-order valence-electron chi connectivity index (χ1n) is 34.1. The smallest absolute Gasteiger partial charge is 0.0561 e. The fraction of sp³-hybridized carbons (Fsp3) is 0.273. The molecule has 0 amide bonds. The lowest BCUT2D eigenvalue weighted by atomic mass is 9.86. The van der Waals surface area contributed by atoms with Crippen LogP contribution in [0.3, 0.4) is 0 Å². The highest BCUT2D eigenvalue weighted by Gasteiger charge is 2.34. The molecule has 0 N–H and O–H groups in total. The van der Waals surface area contributed by atoms with Gasteiger partial charge in [0.1, 0.15) is 0 Å². The Labute approximate surface area is 550 Å². The molecule has 4 nitrogen and oxygen atoms in total. The van der Waals surface area contributed by atoms with Crippen LogP contribution in [-0.2, 0) is 0 Å².